The number of hydrogen-bond donors (Lipinski definition) is 2. The first kappa shape index (κ1) is 17.2. The molecule has 0 saturated carbocycles. The molecule has 0 aliphatic carbocycles. The van der Waals surface area contributed by atoms with Crippen LogP contribution in [0.2, 0.25) is 0 Å². The summed E-state index contributed by atoms with van der Waals surface area (Å²) >= 11 is 0. The molecule has 2 N–H and O–H groups in total. The van der Waals surface area contributed by atoms with Crippen LogP contribution in [0, 0.1) is 0 Å². The first-order valence-corrected chi connectivity index (χ1v) is 6.90. The lowest BCUT2D eigenvalue weighted by atomic mass is 10.3. The molecule has 0 spiro atoms. The zero-order valence-corrected chi connectivity index (χ0v) is 12.6. The second-order valence-corrected chi connectivity index (χ2v) is 4.40. The number of nitrogens with zero attached hydrogens (tertiary/aromatic N) is 2. The molecule has 0 radical (unpaired) electrons. The summed E-state index contributed by atoms with van der Waals surface area (Å²) < 4.78 is 5.01. The van der Waals surface area contributed by atoms with E-state index in [-0.39, 0.29) is 0 Å². The third-order valence-electron chi connectivity index (χ3n) is 2.74. The largest absolute Gasteiger partial charge is 0.383 e. The molecule has 0 aliphatic rings. The fourth-order valence-corrected chi connectivity index (χ4v) is 1.68. The molecule has 0 amide bonds. The van der Waals surface area contributed by atoms with Crippen LogP contribution in [-0.2, 0) is 4.74 Å². The predicted molar refractivity (Wildman–Crippen MR) is 78.2 cm³/mol. The van der Waals surface area contributed by atoms with E-state index in [0.717, 1.165) is 38.7 Å². The quantitative estimate of drug-likeness (QED) is 0.367. The van der Waals surface area contributed by atoms with E-state index in [0.29, 0.717) is 12.6 Å². The van der Waals surface area contributed by atoms with Crippen molar-refractivity contribution in [1.82, 2.24) is 15.5 Å². The molecule has 0 heterocycles. The van der Waals surface area contributed by atoms with E-state index in [1.165, 1.54) is 0 Å². The Morgan fingerprint density at radius 2 is 2.00 bits per heavy atom. The summed E-state index contributed by atoms with van der Waals surface area (Å²) in [5.74, 6) is 0.870. The Labute approximate surface area is 112 Å². The van der Waals surface area contributed by atoms with Gasteiger partial charge < -0.3 is 15.4 Å². The normalized spacial score (nSPS) is 12.3. The second kappa shape index (κ2) is 11.3. The van der Waals surface area contributed by atoms with Crippen LogP contribution in [0.1, 0.15) is 27.7 Å². The number of ether oxygens (including phenoxy) is 1. The van der Waals surface area contributed by atoms with E-state index in [1.807, 2.05) is 0 Å². The average molecular weight is 258 g/mol. The van der Waals surface area contributed by atoms with Gasteiger partial charge >= 0.3 is 0 Å². The second-order valence-electron chi connectivity index (χ2n) is 4.40. The minimum atomic E-state index is 0.578. The topological polar surface area (TPSA) is 48.9 Å². The highest BCUT2D eigenvalue weighted by molar-refractivity contribution is 5.79. The fourth-order valence-electron chi connectivity index (χ4n) is 1.68. The summed E-state index contributed by atoms with van der Waals surface area (Å²) in [5.41, 5.74) is 0. The standard InChI is InChI=1S/C13H30N4O/c1-6-14-13(16-9-11-18-5)15-8-10-17(7-2)12(3)4/h12H,6-11H2,1-5H3,(H2,14,15,16). The van der Waals surface area contributed by atoms with Crippen LogP contribution in [0.3, 0.4) is 0 Å². The molecule has 0 rings (SSSR count). The molecule has 18 heavy (non-hydrogen) atoms. The zero-order chi connectivity index (χ0) is 13.8. The van der Waals surface area contributed by atoms with Gasteiger partial charge in [0.1, 0.15) is 0 Å². The number of likely N-dealkylation sites (N-methyl/N-ethyl adjacent to an activating group) is 1. The molecule has 108 valence electrons. The molecule has 0 aromatic rings. The molecule has 0 fully saturated rings. The maximum atomic E-state index is 5.01. The molecule has 0 bridgehead atoms. The Kier molecular flexibility index (Phi) is 10.8. The van der Waals surface area contributed by atoms with Gasteiger partial charge in [-0.05, 0) is 27.3 Å². The van der Waals surface area contributed by atoms with E-state index >= 15 is 0 Å². The van der Waals surface area contributed by atoms with Crippen molar-refractivity contribution >= 4 is 5.96 Å². The Balaban J connectivity index is 4.05. The SMILES string of the molecule is CCNC(=NCCN(CC)C(C)C)NCCOC. The van der Waals surface area contributed by atoms with Crippen LogP contribution < -0.4 is 10.6 Å². The molecular formula is C13H30N4O. The number of nitrogens with one attached hydrogen (secondary N) is 2. The van der Waals surface area contributed by atoms with E-state index in [9.17, 15) is 0 Å². The van der Waals surface area contributed by atoms with Crippen molar-refractivity contribution in [2.24, 2.45) is 4.99 Å². The summed E-state index contributed by atoms with van der Waals surface area (Å²) in [4.78, 5) is 6.96. The minimum absolute atomic E-state index is 0.578. The number of guanidine groups is 1. The summed E-state index contributed by atoms with van der Waals surface area (Å²) in [6, 6.07) is 0.578. The van der Waals surface area contributed by atoms with Crippen molar-refractivity contribution in [2.75, 3.05) is 46.4 Å². The van der Waals surface area contributed by atoms with Crippen LogP contribution in [0.15, 0.2) is 4.99 Å². The van der Waals surface area contributed by atoms with Gasteiger partial charge in [-0.25, -0.2) is 0 Å². The van der Waals surface area contributed by atoms with Crippen LogP contribution in [0.5, 0.6) is 0 Å². The monoisotopic (exact) mass is 258 g/mol. The number of hydrogen-bond acceptors (Lipinski definition) is 3. The van der Waals surface area contributed by atoms with Gasteiger partial charge in [0, 0.05) is 32.8 Å². The maximum absolute atomic E-state index is 5.01. The number of methoxy groups -OCH3 is 1. The maximum Gasteiger partial charge on any atom is 0.191 e. The van der Waals surface area contributed by atoms with E-state index < -0.39 is 0 Å². The number of rotatable bonds is 9. The molecule has 0 aliphatic heterocycles. The highest BCUT2D eigenvalue weighted by Crippen LogP contribution is 1.96. The lowest BCUT2D eigenvalue weighted by molar-refractivity contribution is 0.203. The fraction of sp³-hybridized carbons (Fsp3) is 0.923. The van der Waals surface area contributed by atoms with Crippen LogP contribution in [-0.4, -0.2) is 63.3 Å². The van der Waals surface area contributed by atoms with E-state index in [2.05, 4.69) is 48.2 Å². The lowest BCUT2D eigenvalue weighted by Crippen LogP contribution is -2.40. The van der Waals surface area contributed by atoms with Crippen molar-refractivity contribution in [2.45, 2.75) is 33.7 Å². The van der Waals surface area contributed by atoms with Crippen LogP contribution in [0.4, 0.5) is 0 Å². The van der Waals surface area contributed by atoms with Gasteiger partial charge in [-0.3, -0.25) is 9.89 Å². The average Bonchev–Trinajstić information content (AvgIpc) is 2.34. The zero-order valence-electron chi connectivity index (χ0n) is 12.6. The predicted octanol–water partition coefficient (Wildman–Crippen LogP) is 0.918. The van der Waals surface area contributed by atoms with Crippen LogP contribution >= 0.6 is 0 Å². The van der Waals surface area contributed by atoms with Crippen molar-refractivity contribution in [3.05, 3.63) is 0 Å². The van der Waals surface area contributed by atoms with Crippen molar-refractivity contribution < 1.29 is 4.74 Å². The molecule has 0 aromatic heterocycles. The highest BCUT2D eigenvalue weighted by Gasteiger charge is 2.05. The van der Waals surface area contributed by atoms with E-state index in [4.69, 9.17) is 4.74 Å². The van der Waals surface area contributed by atoms with Gasteiger partial charge in [0.2, 0.25) is 0 Å². The third-order valence-corrected chi connectivity index (χ3v) is 2.74. The van der Waals surface area contributed by atoms with Gasteiger partial charge in [-0.15, -0.1) is 0 Å². The van der Waals surface area contributed by atoms with Gasteiger partial charge in [-0.2, -0.15) is 0 Å². The molecular weight excluding hydrogens is 228 g/mol. The van der Waals surface area contributed by atoms with Gasteiger partial charge in [0.05, 0.1) is 13.2 Å². The first-order valence-electron chi connectivity index (χ1n) is 6.90. The van der Waals surface area contributed by atoms with Gasteiger partial charge in [0.25, 0.3) is 0 Å². The molecule has 5 nitrogen and oxygen atoms in total. The summed E-state index contributed by atoms with van der Waals surface area (Å²) in [5, 5.41) is 6.47. The third kappa shape index (κ3) is 8.31. The summed E-state index contributed by atoms with van der Waals surface area (Å²) in [6.45, 7) is 13.9. The van der Waals surface area contributed by atoms with Crippen molar-refractivity contribution in [1.29, 1.82) is 0 Å². The molecule has 5 heteroatoms. The Bertz CT molecular complexity index is 219. The smallest absolute Gasteiger partial charge is 0.191 e. The lowest BCUT2D eigenvalue weighted by Gasteiger charge is -2.23. The Morgan fingerprint density at radius 1 is 1.28 bits per heavy atom. The highest BCUT2D eigenvalue weighted by atomic mass is 16.5. The molecule has 0 unspecified atom stereocenters. The molecule has 0 saturated heterocycles. The summed E-state index contributed by atoms with van der Waals surface area (Å²) in [6.07, 6.45) is 0. The summed E-state index contributed by atoms with van der Waals surface area (Å²) in [7, 11) is 1.70. The Hall–Kier alpha value is -0.810. The van der Waals surface area contributed by atoms with E-state index in [1.54, 1.807) is 7.11 Å². The molecule has 0 aromatic carbocycles. The van der Waals surface area contributed by atoms with Crippen LogP contribution in [0.25, 0.3) is 0 Å². The minimum Gasteiger partial charge on any atom is -0.383 e. The van der Waals surface area contributed by atoms with Gasteiger partial charge in [0.15, 0.2) is 5.96 Å². The van der Waals surface area contributed by atoms with Gasteiger partial charge in [-0.1, -0.05) is 6.92 Å². The first-order chi connectivity index (χ1) is 8.65. The number of aliphatic imine (C=N–C) groups is 1. The van der Waals surface area contributed by atoms with Crippen molar-refractivity contribution in [3.8, 4) is 0 Å². The Morgan fingerprint density at radius 3 is 2.50 bits per heavy atom. The molecule has 0 atom stereocenters. The van der Waals surface area contributed by atoms with Crippen molar-refractivity contribution in [3.63, 3.8) is 0 Å².